The Hall–Kier alpha value is -1.29. The molecule has 1 amide bonds. The van der Waals surface area contributed by atoms with Crippen LogP contribution >= 0.6 is 22.6 Å². The molecule has 0 aliphatic heterocycles. The van der Waals surface area contributed by atoms with Gasteiger partial charge in [0.1, 0.15) is 5.75 Å². The fraction of sp³-hybridized carbons (Fsp3) is 0.333. The third-order valence-electron chi connectivity index (χ3n) is 2.37. The van der Waals surface area contributed by atoms with Gasteiger partial charge in [-0.2, -0.15) is 5.26 Å². The molecule has 0 bridgehead atoms. The maximum atomic E-state index is 11.8. The summed E-state index contributed by atoms with van der Waals surface area (Å²) in [5.74, 6) is -0.176. The average Bonchev–Trinajstić information content (AvgIpc) is 2.31. The number of phenols is 1. The van der Waals surface area contributed by atoms with E-state index in [-0.39, 0.29) is 17.7 Å². The molecule has 4 nitrogen and oxygen atoms in total. The first kappa shape index (κ1) is 13.8. The smallest absolute Gasteiger partial charge is 0.251 e. The van der Waals surface area contributed by atoms with Crippen LogP contribution in [-0.2, 0) is 0 Å². The molecular formula is C12H13IN2O2. The molecular weight excluding hydrogens is 331 g/mol. The number of nitrogens with one attached hydrogen (secondary N) is 1. The van der Waals surface area contributed by atoms with Crippen molar-refractivity contribution >= 4 is 28.5 Å². The molecule has 0 fully saturated rings. The lowest BCUT2D eigenvalue weighted by molar-refractivity contribution is 0.0936. The largest absolute Gasteiger partial charge is 0.507 e. The van der Waals surface area contributed by atoms with Crippen LogP contribution in [0.5, 0.6) is 5.75 Å². The highest BCUT2D eigenvalue weighted by Gasteiger charge is 2.12. The molecule has 0 aliphatic carbocycles. The maximum absolute atomic E-state index is 11.8. The SMILES string of the molecule is CCC(CC#N)NC(=O)c1ccc(I)c(O)c1. The van der Waals surface area contributed by atoms with Gasteiger partial charge in [0.15, 0.2) is 0 Å². The number of benzene rings is 1. The second-order valence-electron chi connectivity index (χ2n) is 3.61. The van der Waals surface area contributed by atoms with Crippen LogP contribution in [0.25, 0.3) is 0 Å². The lowest BCUT2D eigenvalue weighted by Gasteiger charge is -2.13. The van der Waals surface area contributed by atoms with Gasteiger partial charge in [0.05, 0.1) is 16.1 Å². The number of carbonyl (C=O) groups is 1. The molecule has 0 saturated heterocycles. The molecule has 2 N–H and O–H groups in total. The summed E-state index contributed by atoms with van der Waals surface area (Å²) in [7, 11) is 0. The summed E-state index contributed by atoms with van der Waals surface area (Å²) >= 11 is 1.99. The molecule has 5 heteroatoms. The van der Waals surface area contributed by atoms with Gasteiger partial charge >= 0.3 is 0 Å². The molecule has 1 aromatic rings. The number of nitriles is 1. The van der Waals surface area contributed by atoms with Crippen molar-refractivity contribution in [3.63, 3.8) is 0 Å². The van der Waals surface area contributed by atoms with Crippen molar-refractivity contribution in [3.05, 3.63) is 27.3 Å². The Labute approximate surface area is 114 Å². The first-order valence-electron chi connectivity index (χ1n) is 5.24. The summed E-state index contributed by atoms with van der Waals surface area (Å²) in [6, 6.07) is 6.64. The third kappa shape index (κ3) is 3.89. The van der Waals surface area contributed by atoms with Crippen LogP contribution in [0.4, 0.5) is 0 Å². The van der Waals surface area contributed by atoms with Gasteiger partial charge in [0, 0.05) is 11.6 Å². The fourth-order valence-corrected chi connectivity index (χ4v) is 1.67. The molecule has 1 rings (SSSR count). The Morgan fingerprint density at radius 2 is 2.35 bits per heavy atom. The topological polar surface area (TPSA) is 73.1 Å². The molecule has 1 aromatic carbocycles. The van der Waals surface area contributed by atoms with E-state index < -0.39 is 0 Å². The highest BCUT2D eigenvalue weighted by Crippen LogP contribution is 2.20. The van der Waals surface area contributed by atoms with Crippen LogP contribution in [0.2, 0.25) is 0 Å². The van der Waals surface area contributed by atoms with Gasteiger partial charge in [-0.15, -0.1) is 0 Å². The zero-order valence-electron chi connectivity index (χ0n) is 9.40. The summed E-state index contributed by atoms with van der Waals surface area (Å²) in [5, 5.41) is 20.8. The van der Waals surface area contributed by atoms with Gasteiger partial charge in [0.2, 0.25) is 0 Å². The first-order valence-corrected chi connectivity index (χ1v) is 6.32. The molecule has 0 saturated carbocycles. The molecule has 0 heterocycles. The van der Waals surface area contributed by atoms with Gasteiger partial charge in [-0.25, -0.2) is 0 Å². The summed E-state index contributed by atoms with van der Waals surface area (Å²) < 4.78 is 0.697. The van der Waals surface area contributed by atoms with E-state index in [1.807, 2.05) is 35.6 Å². The van der Waals surface area contributed by atoms with Gasteiger partial charge in [-0.1, -0.05) is 6.92 Å². The number of hydrogen-bond donors (Lipinski definition) is 2. The second kappa shape index (κ2) is 6.45. The van der Waals surface area contributed by atoms with E-state index in [0.29, 0.717) is 22.0 Å². The minimum Gasteiger partial charge on any atom is -0.507 e. The third-order valence-corrected chi connectivity index (χ3v) is 3.29. The maximum Gasteiger partial charge on any atom is 0.251 e. The van der Waals surface area contributed by atoms with E-state index in [1.165, 1.54) is 6.07 Å². The number of halogens is 1. The van der Waals surface area contributed by atoms with E-state index in [9.17, 15) is 9.90 Å². The van der Waals surface area contributed by atoms with E-state index in [2.05, 4.69) is 5.32 Å². The standard InChI is InChI=1S/C12H13IN2O2/c1-2-9(5-6-14)15-12(17)8-3-4-10(13)11(16)7-8/h3-4,7,9,16H,2,5H2,1H3,(H,15,17). The predicted molar refractivity (Wildman–Crippen MR) is 72.6 cm³/mol. The molecule has 0 aromatic heterocycles. The number of hydrogen-bond acceptors (Lipinski definition) is 3. The molecule has 17 heavy (non-hydrogen) atoms. The van der Waals surface area contributed by atoms with Gasteiger partial charge < -0.3 is 10.4 Å². The van der Waals surface area contributed by atoms with Crippen LogP contribution in [0.1, 0.15) is 30.1 Å². The van der Waals surface area contributed by atoms with E-state index in [1.54, 1.807) is 12.1 Å². The summed E-state index contributed by atoms with van der Waals surface area (Å²) in [4.78, 5) is 11.8. The van der Waals surface area contributed by atoms with Crippen molar-refractivity contribution in [2.45, 2.75) is 25.8 Å². The van der Waals surface area contributed by atoms with Crippen molar-refractivity contribution in [2.24, 2.45) is 0 Å². The van der Waals surface area contributed by atoms with Crippen LogP contribution in [0.3, 0.4) is 0 Å². The summed E-state index contributed by atoms with van der Waals surface area (Å²) in [6.07, 6.45) is 0.994. The molecule has 1 atom stereocenters. The van der Waals surface area contributed by atoms with Gasteiger partial charge in [-0.05, 0) is 47.2 Å². The summed E-state index contributed by atoms with van der Waals surface area (Å²) in [6.45, 7) is 1.91. The molecule has 0 radical (unpaired) electrons. The van der Waals surface area contributed by atoms with Gasteiger partial charge in [-0.3, -0.25) is 4.79 Å². The van der Waals surface area contributed by atoms with Crippen LogP contribution < -0.4 is 5.32 Å². The summed E-state index contributed by atoms with van der Waals surface area (Å²) in [5.41, 5.74) is 0.402. The number of rotatable bonds is 4. The van der Waals surface area contributed by atoms with Crippen molar-refractivity contribution in [2.75, 3.05) is 0 Å². The normalized spacial score (nSPS) is 11.6. The Morgan fingerprint density at radius 1 is 1.65 bits per heavy atom. The number of nitrogens with zero attached hydrogens (tertiary/aromatic N) is 1. The number of aromatic hydroxyl groups is 1. The van der Waals surface area contributed by atoms with Crippen LogP contribution in [0.15, 0.2) is 18.2 Å². The van der Waals surface area contributed by atoms with Crippen molar-refractivity contribution in [1.29, 1.82) is 5.26 Å². The Bertz CT molecular complexity index is 454. The van der Waals surface area contributed by atoms with Crippen LogP contribution in [-0.4, -0.2) is 17.1 Å². The second-order valence-corrected chi connectivity index (χ2v) is 4.77. The minimum atomic E-state index is -0.265. The lowest BCUT2D eigenvalue weighted by Crippen LogP contribution is -2.34. The number of carbonyl (C=O) groups excluding carboxylic acids is 1. The Kier molecular flexibility index (Phi) is 5.22. The van der Waals surface area contributed by atoms with Crippen molar-refractivity contribution < 1.29 is 9.90 Å². The predicted octanol–water partition coefficient (Wildman–Crippen LogP) is 2.42. The quantitative estimate of drug-likeness (QED) is 0.824. The number of amides is 1. The molecule has 0 spiro atoms. The lowest BCUT2D eigenvalue weighted by atomic mass is 10.1. The minimum absolute atomic E-state index is 0.0894. The Morgan fingerprint density at radius 3 is 2.88 bits per heavy atom. The van der Waals surface area contributed by atoms with Gasteiger partial charge in [0.25, 0.3) is 5.91 Å². The van der Waals surface area contributed by atoms with E-state index in [4.69, 9.17) is 5.26 Å². The highest BCUT2D eigenvalue weighted by atomic mass is 127. The Balaban J connectivity index is 2.76. The highest BCUT2D eigenvalue weighted by molar-refractivity contribution is 14.1. The fourth-order valence-electron chi connectivity index (χ4n) is 1.33. The average molecular weight is 344 g/mol. The monoisotopic (exact) mass is 344 g/mol. The van der Waals surface area contributed by atoms with Crippen molar-refractivity contribution in [3.8, 4) is 11.8 Å². The first-order chi connectivity index (χ1) is 8.08. The van der Waals surface area contributed by atoms with Crippen molar-refractivity contribution in [1.82, 2.24) is 5.32 Å². The van der Waals surface area contributed by atoms with Crippen LogP contribution in [0, 0.1) is 14.9 Å². The molecule has 1 unspecified atom stereocenters. The van der Waals surface area contributed by atoms with E-state index in [0.717, 1.165) is 0 Å². The molecule has 90 valence electrons. The van der Waals surface area contributed by atoms with E-state index >= 15 is 0 Å². The molecule has 0 aliphatic rings. The number of phenolic OH excluding ortho intramolecular Hbond substituents is 1. The zero-order chi connectivity index (χ0) is 12.8. The zero-order valence-corrected chi connectivity index (χ0v) is 11.6.